The van der Waals surface area contributed by atoms with Gasteiger partial charge in [0.25, 0.3) is 5.69 Å². The maximum atomic E-state index is 11.6. The van der Waals surface area contributed by atoms with Crippen molar-refractivity contribution in [3.63, 3.8) is 0 Å². The van der Waals surface area contributed by atoms with Gasteiger partial charge in [0.15, 0.2) is 4.90 Å². The summed E-state index contributed by atoms with van der Waals surface area (Å²) in [6, 6.07) is 2.73. The smallest absolute Gasteiger partial charge is 0.258 e. The van der Waals surface area contributed by atoms with E-state index in [1.165, 1.54) is 19.2 Å². The lowest BCUT2D eigenvalue weighted by atomic mass is 10.2. The zero-order valence-corrected chi connectivity index (χ0v) is 10.9. The van der Waals surface area contributed by atoms with Crippen LogP contribution in [0.3, 0.4) is 0 Å². The summed E-state index contributed by atoms with van der Waals surface area (Å²) in [6.07, 6.45) is 0. The van der Waals surface area contributed by atoms with Crippen molar-refractivity contribution < 1.29 is 13.3 Å². The predicted octanol–water partition coefficient (Wildman–Crippen LogP) is 1.57. The molecule has 0 unspecified atom stereocenters. The second-order valence-electron chi connectivity index (χ2n) is 3.06. The van der Waals surface area contributed by atoms with Crippen LogP contribution in [0.15, 0.2) is 21.5 Å². The number of benzene rings is 1. The van der Waals surface area contributed by atoms with Gasteiger partial charge in [-0.25, -0.2) is 13.1 Å². The van der Waals surface area contributed by atoms with E-state index >= 15 is 0 Å². The molecular formula is C8H9BrN2O4S. The third-order valence-electron chi connectivity index (χ3n) is 1.90. The Balaban J connectivity index is 3.67. The Morgan fingerprint density at radius 2 is 2.00 bits per heavy atom. The van der Waals surface area contributed by atoms with Gasteiger partial charge in [-0.05, 0) is 41.5 Å². The number of nitro benzene ring substituents is 1. The number of sulfonamides is 1. The fourth-order valence-electron chi connectivity index (χ4n) is 1.21. The molecule has 0 atom stereocenters. The molecule has 0 radical (unpaired) electrons. The standard InChI is InChI=1S/C8H9BrN2O4S/c1-5-3-6(9)8(16(14,15)10-2)7(4-5)11(12)13/h3-4,10H,1-2H3. The highest BCUT2D eigenvalue weighted by atomic mass is 79.9. The molecule has 0 aliphatic heterocycles. The number of aryl methyl sites for hydroxylation is 1. The fraction of sp³-hybridized carbons (Fsp3) is 0.250. The van der Waals surface area contributed by atoms with Crippen LogP contribution in [0, 0.1) is 17.0 Å². The Morgan fingerprint density at radius 3 is 2.44 bits per heavy atom. The van der Waals surface area contributed by atoms with E-state index in [1.807, 2.05) is 0 Å². The molecule has 1 aromatic carbocycles. The van der Waals surface area contributed by atoms with Crippen molar-refractivity contribution in [2.75, 3.05) is 7.05 Å². The SMILES string of the molecule is CNS(=O)(=O)c1c(Br)cc(C)cc1[N+](=O)[O-]. The average Bonchev–Trinajstić information content (AvgIpc) is 2.15. The van der Waals surface area contributed by atoms with Crippen LogP contribution in [0.4, 0.5) is 5.69 Å². The number of nitrogens with zero attached hydrogens (tertiary/aromatic N) is 1. The van der Waals surface area contributed by atoms with Gasteiger partial charge in [0.2, 0.25) is 10.0 Å². The van der Waals surface area contributed by atoms with Crippen LogP contribution in [0.1, 0.15) is 5.56 Å². The van der Waals surface area contributed by atoms with Crippen LogP contribution in [-0.2, 0) is 10.0 Å². The molecule has 0 saturated heterocycles. The van der Waals surface area contributed by atoms with Gasteiger partial charge < -0.3 is 0 Å². The molecule has 0 aliphatic carbocycles. The van der Waals surface area contributed by atoms with Crippen LogP contribution in [0.2, 0.25) is 0 Å². The fourth-order valence-corrected chi connectivity index (χ4v) is 3.35. The summed E-state index contributed by atoms with van der Waals surface area (Å²) in [6.45, 7) is 1.65. The molecule has 0 heterocycles. The minimum atomic E-state index is -3.86. The number of hydrogen-bond donors (Lipinski definition) is 1. The van der Waals surface area contributed by atoms with Crippen molar-refractivity contribution in [1.29, 1.82) is 0 Å². The Kier molecular flexibility index (Phi) is 3.66. The summed E-state index contributed by atoms with van der Waals surface area (Å²) in [4.78, 5) is 9.71. The lowest BCUT2D eigenvalue weighted by Crippen LogP contribution is -2.20. The molecule has 1 aromatic rings. The third kappa shape index (κ3) is 2.39. The van der Waals surface area contributed by atoms with E-state index in [0.29, 0.717) is 5.56 Å². The van der Waals surface area contributed by atoms with Crippen LogP contribution in [-0.4, -0.2) is 20.4 Å². The number of nitro groups is 1. The van der Waals surface area contributed by atoms with Crippen LogP contribution < -0.4 is 4.72 Å². The summed E-state index contributed by atoms with van der Waals surface area (Å²) in [5, 5.41) is 10.8. The number of hydrogen-bond acceptors (Lipinski definition) is 4. The van der Waals surface area contributed by atoms with Gasteiger partial charge in [-0.1, -0.05) is 0 Å². The normalized spacial score (nSPS) is 11.4. The quantitative estimate of drug-likeness (QED) is 0.678. The van der Waals surface area contributed by atoms with Gasteiger partial charge in [0, 0.05) is 10.5 Å². The van der Waals surface area contributed by atoms with Crippen LogP contribution >= 0.6 is 15.9 Å². The number of rotatable bonds is 3. The summed E-state index contributed by atoms with van der Waals surface area (Å²) in [5.41, 5.74) is 0.162. The first-order valence-electron chi connectivity index (χ1n) is 4.17. The van der Waals surface area contributed by atoms with Crippen molar-refractivity contribution >= 4 is 31.6 Å². The maximum Gasteiger partial charge on any atom is 0.290 e. The molecule has 6 nitrogen and oxygen atoms in total. The first kappa shape index (κ1) is 13.1. The Bertz CT molecular complexity index is 541. The highest BCUT2D eigenvalue weighted by molar-refractivity contribution is 9.10. The lowest BCUT2D eigenvalue weighted by molar-refractivity contribution is -0.388. The summed E-state index contributed by atoms with van der Waals surface area (Å²) >= 11 is 3.02. The van der Waals surface area contributed by atoms with Crippen molar-refractivity contribution in [2.24, 2.45) is 0 Å². The van der Waals surface area contributed by atoms with Crippen molar-refractivity contribution in [2.45, 2.75) is 11.8 Å². The lowest BCUT2D eigenvalue weighted by Gasteiger charge is -2.07. The first-order chi connectivity index (χ1) is 7.29. The molecular weight excluding hydrogens is 300 g/mol. The molecule has 88 valence electrons. The average molecular weight is 309 g/mol. The predicted molar refractivity (Wildman–Crippen MR) is 61.8 cm³/mol. The monoisotopic (exact) mass is 308 g/mol. The van der Waals surface area contributed by atoms with E-state index in [4.69, 9.17) is 0 Å². The molecule has 0 aliphatic rings. The molecule has 8 heteroatoms. The summed E-state index contributed by atoms with van der Waals surface area (Å²) in [7, 11) is -2.66. The second-order valence-corrected chi connectivity index (χ2v) is 5.74. The Morgan fingerprint density at radius 1 is 1.44 bits per heavy atom. The van der Waals surface area contributed by atoms with Crippen molar-refractivity contribution in [3.8, 4) is 0 Å². The molecule has 0 saturated carbocycles. The highest BCUT2D eigenvalue weighted by Crippen LogP contribution is 2.32. The third-order valence-corrected chi connectivity index (χ3v) is 4.29. The molecule has 0 amide bonds. The number of halogens is 1. The second kappa shape index (κ2) is 4.48. The van der Waals surface area contributed by atoms with Crippen LogP contribution in [0.25, 0.3) is 0 Å². The topological polar surface area (TPSA) is 89.3 Å². The van der Waals surface area contributed by atoms with Crippen LogP contribution in [0.5, 0.6) is 0 Å². The first-order valence-corrected chi connectivity index (χ1v) is 6.45. The molecule has 1 rings (SSSR count). The van der Waals surface area contributed by atoms with Crippen molar-refractivity contribution in [1.82, 2.24) is 4.72 Å². The van der Waals surface area contributed by atoms with E-state index in [9.17, 15) is 18.5 Å². The van der Waals surface area contributed by atoms with Crippen molar-refractivity contribution in [3.05, 3.63) is 32.3 Å². The minimum absolute atomic E-state index is 0.175. The molecule has 16 heavy (non-hydrogen) atoms. The Labute approximate surface area is 101 Å². The van der Waals surface area contributed by atoms with Gasteiger partial charge >= 0.3 is 0 Å². The van der Waals surface area contributed by atoms with E-state index in [0.717, 1.165) is 0 Å². The van der Waals surface area contributed by atoms with E-state index < -0.39 is 20.6 Å². The molecule has 0 bridgehead atoms. The van der Waals surface area contributed by atoms with Gasteiger partial charge in [0.1, 0.15) is 0 Å². The zero-order chi connectivity index (χ0) is 12.5. The van der Waals surface area contributed by atoms with E-state index in [2.05, 4.69) is 20.7 Å². The largest absolute Gasteiger partial charge is 0.290 e. The zero-order valence-electron chi connectivity index (χ0n) is 8.52. The minimum Gasteiger partial charge on any atom is -0.258 e. The number of nitrogens with one attached hydrogen (secondary N) is 1. The highest BCUT2D eigenvalue weighted by Gasteiger charge is 2.27. The summed E-state index contributed by atoms with van der Waals surface area (Å²) < 4.78 is 25.5. The Hall–Kier alpha value is -0.990. The van der Waals surface area contributed by atoms with E-state index in [1.54, 1.807) is 6.92 Å². The van der Waals surface area contributed by atoms with Gasteiger partial charge in [-0.3, -0.25) is 10.1 Å². The summed E-state index contributed by atoms with van der Waals surface area (Å²) in [5.74, 6) is 0. The maximum absolute atomic E-state index is 11.6. The molecule has 1 N–H and O–H groups in total. The molecule has 0 fully saturated rings. The van der Waals surface area contributed by atoms with Gasteiger partial charge in [-0.2, -0.15) is 0 Å². The van der Waals surface area contributed by atoms with Gasteiger partial charge in [0.05, 0.1) is 4.92 Å². The van der Waals surface area contributed by atoms with E-state index in [-0.39, 0.29) is 9.37 Å². The molecule has 0 aromatic heterocycles. The molecule has 0 spiro atoms. The van der Waals surface area contributed by atoms with Gasteiger partial charge in [-0.15, -0.1) is 0 Å².